The van der Waals surface area contributed by atoms with Gasteiger partial charge < -0.3 is 19.7 Å². The number of halogens is 2. The average Bonchev–Trinajstić information content (AvgIpc) is 3.08. The van der Waals surface area contributed by atoms with Crippen molar-refractivity contribution in [3.05, 3.63) is 23.5 Å². The molecule has 10 heteroatoms. The molecule has 1 aliphatic heterocycles. The van der Waals surface area contributed by atoms with Crippen LogP contribution in [0.2, 0.25) is 0 Å². The van der Waals surface area contributed by atoms with Crippen molar-refractivity contribution in [3.63, 3.8) is 0 Å². The van der Waals surface area contributed by atoms with Crippen molar-refractivity contribution in [2.24, 2.45) is 0 Å². The highest BCUT2D eigenvalue weighted by molar-refractivity contribution is 5.52. The van der Waals surface area contributed by atoms with Gasteiger partial charge >= 0.3 is 0 Å². The molecule has 1 saturated heterocycles. The lowest BCUT2D eigenvalue weighted by molar-refractivity contribution is -0.0361. The molecule has 170 valence electrons. The quantitative estimate of drug-likeness (QED) is 0.746. The zero-order valence-corrected chi connectivity index (χ0v) is 18.3. The van der Waals surface area contributed by atoms with Crippen LogP contribution in [0.5, 0.6) is 0 Å². The van der Waals surface area contributed by atoms with Gasteiger partial charge in [-0.05, 0) is 32.8 Å². The van der Waals surface area contributed by atoms with Gasteiger partial charge in [0, 0.05) is 50.8 Å². The molecule has 1 unspecified atom stereocenters. The van der Waals surface area contributed by atoms with Crippen molar-refractivity contribution in [2.75, 3.05) is 43.6 Å². The fraction of sp³-hybridized carbons (Fsp3) is 0.667. The minimum absolute atomic E-state index is 0.0390. The van der Waals surface area contributed by atoms with Crippen molar-refractivity contribution in [1.29, 1.82) is 0 Å². The van der Waals surface area contributed by atoms with Crippen LogP contribution in [-0.2, 0) is 9.47 Å². The van der Waals surface area contributed by atoms with E-state index in [0.717, 1.165) is 17.2 Å². The Kier molecular flexibility index (Phi) is 6.38. The molecule has 4 rings (SSSR count). The van der Waals surface area contributed by atoms with Gasteiger partial charge in [-0.1, -0.05) is 0 Å². The maximum atomic E-state index is 13.6. The van der Waals surface area contributed by atoms with Crippen LogP contribution in [0, 0.1) is 13.8 Å². The van der Waals surface area contributed by atoms with E-state index in [1.54, 1.807) is 11.8 Å². The van der Waals surface area contributed by atoms with E-state index in [1.807, 2.05) is 26.0 Å². The predicted molar refractivity (Wildman–Crippen MR) is 113 cm³/mol. The smallest absolute Gasteiger partial charge is 0.254 e. The van der Waals surface area contributed by atoms with E-state index < -0.39 is 5.92 Å². The Balaban J connectivity index is 1.62. The van der Waals surface area contributed by atoms with Crippen LogP contribution >= 0.6 is 0 Å². The highest BCUT2D eigenvalue weighted by atomic mass is 19.3. The Morgan fingerprint density at radius 2 is 2.00 bits per heavy atom. The van der Waals surface area contributed by atoms with E-state index in [2.05, 4.69) is 20.3 Å². The fourth-order valence-electron chi connectivity index (χ4n) is 4.19. The van der Waals surface area contributed by atoms with Crippen LogP contribution in [0.4, 0.5) is 20.4 Å². The van der Waals surface area contributed by atoms with Crippen molar-refractivity contribution in [2.45, 2.75) is 57.6 Å². The lowest BCUT2D eigenvalue weighted by Crippen LogP contribution is -2.45. The molecule has 31 heavy (non-hydrogen) atoms. The van der Waals surface area contributed by atoms with Gasteiger partial charge in [-0.2, -0.15) is 15.1 Å². The summed E-state index contributed by atoms with van der Waals surface area (Å²) in [5.41, 5.74) is 1.80. The second kappa shape index (κ2) is 9.04. The standard InChI is InChI=1S/C21H30F2N6O2/c1-14-10-15(2)29(27-14)20-25-18(24-16-4-6-21(22,23)7-5-16)11-19(26-20)28-8-9-31-17(12-28)13-30-3/h10-11,16-17H,4-9,12-13H2,1-3H3,(H,24,25,26). The summed E-state index contributed by atoms with van der Waals surface area (Å²) in [6, 6.07) is 3.81. The zero-order valence-electron chi connectivity index (χ0n) is 18.3. The van der Waals surface area contributed by atoms with Gasteiger partial charge in [-0.15, -0.1) is 0 Å². The third-order valence-electron chi connectivity index (χ3n) is 5.78. The number of methoxy groups -OCH3 is 1. The van der Waals surface area contributed by atoms with Crippen LogP contribution in [0.3, 0.4) is 0 Å². The number of aryl methyl sites for hydroxylation is 2. The lowest BCUT2D eigenvalue weighted by atomic mass is 9.92. The minimum Gasteiger partial charge on any atom is -0.382 e. The van der Waals surface area contributed by atoms with Gasteiger partial charge in [0.2, 0.25) is 5.92 Å². The summed E-state index contributed by atoms with van der Waals surface area (Å²) in [6.45, 7) is 6.31. The van der Waals surface area contributed by atoms with Gasteiger partial charge in [0.1, 0.15) is 11.6 Å². The number of hydrogen-bond acceptors (Lipinski definition) is 7. The van der Waals surface area contributed by atoms with Gasteiger partial charge in [-0.25, -0.2) is 13.5 Å². The van der Waals surface area contributed by atoms with Gasteiger partial charge in [0.15, 0.2) is 0 Å². The summed E-state index contributed by atoms with van der Waals surface area (Å²) < 4.78 is 39.8. The van der Waals surface area contributed by atoms with Gasteiger partial charge in [-0.3, -0.25) is 0 Å². The monoisotopic (exact) mass is 436 g/mol. The first-order chi connectivity index (χ1) is 14.8. The van der Waals surface area contributed by atoms with Gasteiger partial charge in [0.05, 0.1) is 25.0 Å². The molecular formula is C21H30F2N6O2. The maximum Gasteiger partial charge on any atom is 0.254 e. The summed E-state index contributed by atoms with van der Waals surface area (Å²) in [6.07, 6.45) is 0.580. The fourth-order valence-corrected chi connectivity index (χ4v) is 4.19. The number of nitrogens with one attached hydrogen (secondary N) is 1. The SMILES string of the molecule is COCC1CN(c2cc(NC3CCC(F)(F)CC3)nc(-n3nc(C)cc3C)n2)CCO1. The second-order valence-electron chi connectivity index (χ2n) is 8.42. The Hall–Kier alpha value is -2.33. The molecule has 3 heterocycles. The van der Waals surface area contributed by atoms with Crippen molar-refractivity contribution >= 4 is 11.6 Å². The minimum atomic E-state index is -2.56. The van der Waals surface area contributed by atoms with Gasteiger partial charge in [0.25, 0.3) is 5.95 Å². The molecule has 2 aliphatic rings. The topological polar surface area (TPSA) is 77.3 Å². The van der Waals surface area contributed by atoms with Crippen LogP contribution in [0.25, 0.3) is 5.95 Å². The Morgan fingerprint density at radius 1 is 1.23 bits per heavy atom. The van der Waals surface area contributed by atoms with Crippen LogP contribution < -0.4 is 10.2 Å². The second-order valence-corrected chi connectivity index (χ2v) is 8.42. The van der Waals surface area contributed by atoms with E-state index >= 15 is 0 Å². The molecule has 1 atom stereocenters. The van der Waals surface area contributed by atoms with E-state index in [1.165, 1.54) is 0 Å². The summed E-state index contributed by atoms with van der Waals surface area (Å²) in [4.78, 5) is 11.6. The third-order valence-corrected chi connectivity index (χ3v) is 5.78. The molecule has 8 nitrogen and oxygen atoms in total. The predicted octanol–water partition coefficient (Wildman–Crippen LogP) is 3.12. The highest BCUT2D eigenvalue weighted by Crippen LogP contribution is 2.34. The van der Waals surface area contributed by atoms with Crippen molar-refractivity contribution in [1.82, 2.24) is 19.7 Å². The largest absolute Gasteiger partial charge is 0.382 e. The Morgan fingerprint density at radius 3 is 2.68 bits per heavy atom. The van der Waals surface area contributed by atoms with Crippen LogP contribution in [-0.4, -0.2) is 71.2 Å². The molecule has 0 bridgehead atoms. The normalized spacial score (nSPS) is 22.0. The molecule has 1 saturated carbocycles. The summed E-state index contributed by atoms with van der Waals surface area (Å²) >= 11 is 0. The summed E-state index contributed by atoms with van der Waals surface area (Å²) in [5, 5.41) is 7.88. The molecule has 0 aromatic carbocycles. The van der Waals surface area contributed by atoms with Crippen molar-refractivity contribution < 1.29 is 18.3 Å². The van der Waals surface area contributed by atoms with E-state index in [-0.39, 0.29) is 25.0 Å². The van der Waals surface area contributed by atoms with Crippen molar-refractivity contribution in [3.8, 4) is 5.95 Å². The maximum absolute atomic E-state index is 13.6. The molecule has 1 N–H and O–H groups in total. The summed E-state index contributed by atoms with van der Waals surface area (Å²) in [5.74, 6) is -0.724. The molecule has 2 aromatic rings. The van der Waals surface area contributed by atoms with E-state index in [4.69, 9.17) is 14.5 Å². The first-order valence-electron chi connectivity index (χ1n) is 10.8. The molecule has 0 amide bonds. The number of hydrogen-bond donors (Lipinski definition) is 1. The van der Waals surface area contributed by atoms with E-state index in [9.17, 15) is 8.78 Å². The summed E-state index contributed by atoms with van der Waals surface area (Å²) in [7, 11) is 1.66. The van der Waals surface area contributed by atoms with Crippen LogP contribution in [0.15, 0.2) is 12.1 Å². The number of nitrogens with zero attached hydrogens (tertiary/aromatic N) is 5. The van der Waals surface area contributed by atoms with Crippen LogP contribution in [0.1, 0.15) is 37.1 Å². The Bertz CT molecular complexity index is 894. The number of aromatic nitrogens is 4. The zero-order chi connectivity index (χ0) is 22.0. The number of anilines is 2. The Labute approximate surface area is 181 Å². The number of alkyl halides is 2. The first kappa shape index (κ1) is 21.9. The molecule has 0 spiro atoms. The first-order valence-corrected chi connectivity index (χ1v) is 10.8. The molecule has 0 radical (unpaired) electrons. The average molecular weight is 437 g/mol. The molecule has 2 aromatic heterocycles. The lowest BCUT2D eigenvalue weighted by Gasteiger charge is -2.34. The number of ether oxygens (including phenoxy) is 2. The number of rotatable bonds is 6. The van der Waals surface area contributed by atoms with E-state index in [0.29, 0.717) is 50.9 Å². The third kappa shape index (κ3) is 5.30. The molecule has 2 fully saturated rings. The highest BCUT2D eigenvalue weighted by Gasteiger charge is 2.35. The molecular weight excluding hydrogens is 406 g/mol. The molecule has 1 aliphatic carbocycles. The number of morpholine rings is 1.